The second-order valence-electron chi connectivity index (χ2n) is 6.16. The highest BCUT2D eigenvalue weighted by molar-refractivity contribution is 5.78. The summed E-state index contributed by atoms with van der Waals surface area (Å²) < 4.78 is 5.39. The molecule has 0 aromatic heterocycles. The SMILES string of the molecule is CNCC(C)C(=O)N1CCCC(CN2CCOCC2)C1. The molecule has 2 atom stereocenters. The number of piperidine rings is 1. The monoisotopic (exact) mass is 283 g/mol. The molecular weight excluding hydrogens is 254 g/mol. The van der Waals surface area contributed by atoms with E-state index in [4.69, 9.17) is 4.74 Å². The molecule has 0 aliphatic carbocycles. The minimum atomic E-state index is 0.0853. The van der Waals surface area contributed by atoms with E-state index in [9.17, 15) is 4.79 Å². The van der Waals surface area contributed by atoms with Gasteiger partial charge in [0.25, 0.3) is 0 Å². The molecule has 2 aliphatic heterocycles. The fraction of sp³-hybridized carbons (Fsp3) is 0.933. The topological polar surface area (TPSA) is 44.8 Å². The molecule has 5 heteroatoms. The van der Waals surface area contributed by atoms with Gasteiger partial charge in [-0.3, -0.25) is 9.69 Å². The molecule has 0 aromatic rings. The first-order chi connectivity index (χ1) is 9.70. The minimum Gasteiger partial charge on any atom is -0.379 e. The number of carbonyl (C=O) groups is 1. The van der Waals surface area contributed by atoms with Crippen molar-refractivity contribution in [3.8, 4) is 0 Å². The van der Waals surface area contributed by atoms with Gasteiger partial charge in [0.1, 0.15) is 0 Å². The molecule has 2 unspecified atom stereocenters. The van der Waals surface area contributed by atoms with Crippen molar-refractivity contribution in [2.24, 2.45) is 11.8 Å². The van der Waals surface area contributed by atoms with Crippen LogP contribution in [-0.2, 0) is 9.53 Å². The lowest BCUT2D eigenvalue weighted by atomic mass is 9.96. The number of carbonyl (C=O) groups excluding carboxylic acids is 1. The Morgan fingerprint density at radius 3 is 2.80 bits per heavy atom. The Hall–Kier alpha value is -0.650. The van der Waals surface area contributed by atoms with Crippen molar-refractivity contribution in [3.05, 3.63) is 0 Å². The third kappa shape index (κ3) is 4.43. The molecule has 1 N–H and O–H groups in total. The molecule has 0 aromatic carbocycles. The standard InChI is InChI=1S/C15H29N3O2/c1-13(10-16-2)15(19)18-5-3-4-14(12-18)11-17-6-8-20-9-7-17/h13-14,16H,3-12H2,1-2H3. The van der Waals surface area contributed by atoms with Gasteiger partial charge in [0.2, 0.25) is 5.91 Å². The van der Waals surface area contributed by atoms with E-state index in [1.165, 1.54) is 6.42 Å². The second-order valence-corrected chi connectivity index (χ2v) is 6.16. The van der Waals surface area contributed by atoms with E-state index < -0.39 is 0 Å². The Balaban J connectivity index is 1.80. The number of rotatable bonds is 5. The molecular formula is C15H29N3O2. The van der Waals surface area contributed by atoms with Crippen molar-refractivity contribution in [1.82, 2.24) is 15.1 Å². The van der Waals surface area contributed by atoms with Crippen molar-refractivity contribution in [1.29, 1.82) is 0 Å². The molecule has 2 saturated heterocycles. The van der Waals surface area contributed by atoms with Crippen LogP contribution in [0, 0.1) is 11.8 Å². The Labute approximate surface area is 122 Å². The summed E-state index contributed by atoms with van der Waals surface area (Å²) >= 11 is 0. The number of amides is 1. The smallest absolute Gasteiger partial charge is 0.226 e. The quantitative estimate of drug-likeness (QED) is 0.794. The minimum absolute atomic E-state index is 0.0853. The molecule has 2 fully saturated rings. The van der Waals surface area contributed by atoms with Gasteiger partial charge in [0.05, 0.1) is 13.2 Å². The summed E-state index contributed by atoms with van der Waals surface area (Å²) in [5, 5.41) is 3.09. The second kappa shape index (κ2) is 7.96. The predicted molar refractivity (Wildman–Crippen MR) is 79.7 cm³/mol. The van der Waals surface area contributed by atoms with E-state index in [-0.39, 0.29) is 5.92 Å². The van der Waals surface area contributed by atoms with Gasteiger partial charge in [0.15, 0.2) is 0 Å². The van der Waals surface area contributed by atoms with Gasteiger partial charge in [-0.2, -0.15) is 0 Å². The van der Waals surface area contributed by atoms with E-state index in [0.717, 1.165) is 58.9 Å². The van der Waals surface area contributed by atoms with E-state index in [2.05, 4.69) is 15.1 Å². The number of likely N-dealkylation sites (tertiary alicyclic amines) is 1. The van der Waals surface area contributed by atoms with Gasteiger partial charge >= 0.3 is 0 Å². The van der Waals surface area contributed by atoms with Crippen LogP contribution < -0.4 is 5.32 Å². The van der Waals surface area contributed by atoms with Crippen molar-refractivity contribution in [3.63, 3.8) is 0 Å². The molecule has 2 heterocycles. The van der Waals surface area contributed by atoms with E-state index in [1.54, 1.807) is 0 Å². The summed E-state index contributed by atoms with van der Waals surface area (Å²) in [5.41, 5.74) is 0. The maximum absolute atomic E-state index is 12.4. The first-order valence-corrected chi connectivity index (χ1v) is 7.94. The maximum atomic E-state index is 12.4. The third-order valence-corrected chi connectivity index (χ3v) is 4.38. The van der Waals surface area contributed by atoms with Crippen LogP contribution in [0.3, 0.4) is 0 Å². The number of nitrogens with one attached hydrogen (secondary N) is 1. The highest BCUT2D eigenvalue weighted by atomic mass is 16.5. The highest BCUT2D eigenvalue weighted by Crippen LogP contribution is 2.19. The zero-order valence-electron chi connectivity index (χ0n) is 12.9. The van der Waals surface area contributed by atoms with Crippen LogP contribution in [0.5, 0.6) is 0 Å². The Morgan fingerprint density at radius 2 is 2.10 bits per heavy atom. The van der Waals surface area contributed by atoms with Crippen LogP contribution >= 0.6 is 0 Å². The van der Waals surface area contributed by atoms with Crippen LogP contribution in [0.4, 0.5) is 0 Å². The Bertz CT molecular complexity index is 305. The van der Waals surface area contributed by atoms with Gasteiger partial charge in [0, 0.05) is 45.2 Å². The summed E-state index contributed by atoms with van der Waals surface area (Å²) in [5.74, 6) is 1.03. The van der Waals surface area contributed by atoms with Gasteiger partial charge in [-0.25, -0.2) is 0 Å². The van der Waals surface area contributed by atoms with Crippen molar-refractivity contribution < 1.29 is 9.53 Å². The number of nitrogens with zero attached hydrogens (tertiary/aromatic N) is 2. The van der Waals surface area contributed by atoms with Gasteiger partial charge in [-0.1, -0.05) is 6.92 Å². The summed E-state index contributed by atoms with van der Waals surface area (Å²) in [7, 11) is 1.90. The van der Waals surface area contributed by atoms with Crippen molar-refractivity contribution in [2.45, 2.75) is 19.8 Å². The predicted octanol–water partition coefficient (Wildman–Crippen LogP) is 0.413. The van der Waals surface area contributed by atoms with Crippen LogP contribution in [0.2, 0.25) is 0 Å². The lowest BCUT2D eigenvalue weighted by Crippen LogP contribution is -2.48. The molecule has 0 radical (unpaired) electrons. The lowest BCUT2D eigenvalue weighted by molar-refractivity contribution is -0.136. The molecule has 20 heavy (non-hydrogen) atoms. The van der Waals surface area contributed by atoms with E-state index >= 15 is 0 Å². The van der Waals surface area contributed by atoms with Crippen LogP contribution in [-0.4, -0.2) is 75.2 Å². The number of hydrogen-bond donors (Lipinski definition) is 1. The lowest BCUT2D eigenvalue weighted by Gasteiger charge is -2.37. The zero-order valence-corrected chi connectivity index (χ0v) is 12.9. The summed E-state index contributed by atoms with van der Waals surface area (Å²) in [6, 6.07) is 0. The third-order valence-electron chi connectivity index (χ3n) is 4.38. The molecule has 0 saturated carbocycles. The zero-order chi connectivity index (χ0) is 14.4. The summed E-state index contributed by atoms with van der Waals surface area (Å²) in [4.78, 5) is 16.9. The highest BCUT2D eigenvalue weighted by Gasteiger charge is 2.27. The van der Waals surface area contributed by atoms with E-state index in [1.807, 2.05) is 14.0 Å². The average molecular weight is 283 g/mol. The van der Waals surface area contributed by atoms with Crippen LogP contribution in [0.25, 0.3) is 0 Å². The van der Waals surface area contributed by atoms with Crippen molar-refractivity contribution >= 4 is 5.91 Å². The first-order valence-electron chi connectivity index (χ1n) is 7.94. The Kier molecular flexibility index (Phi) is 6.26. The van der Waals surface area contributed by atoms with E-state index in [0.29, 0.717) is 11.8 Å². The molecule has 116 valence electrons. The maximum Gasteiger partial charge on any atom is 0.226 e. The molecule has 0 spiro atoms. The number of morpholine rings is 1. The normalized spacial score (nSPS) is 26.5. The fourth-order valence-electron chi connectivity index (χ4n) is 3.27. The fourth-order valence-corrected chi connectivity index (χ4v) is 3.27. The first kappa shape index (κ1) is 15.7. The number of ether oxygens (including phenoxy) is 1. The molecule has 0 bridgehead atoms. The van der Waals surface area contributed by atoms with Gasteiger partial charge < -0.3 is 15.0 Å². The molecule has 5 nitrogen and oxygen atoms in total. The largest absolute Gasteiger partial charge is 0.379 e. The summed E-state index contributed by atoms with van der Waals surface area (Å²) in [6.45, 7) is 9.57. The molecule has 2 rings (SSSR count). The Morgan fingerprint density at radius 1 is 1.35 bits per heavy atom. The number of hydrogen-bond acceptors (Lipinski definition) is 4. The van der Waals surface area contributed by atoms with Crippen molar-refractivity contribution in [2.75, 3.05) is 59.5 Å². The molecule has 1 amide bonds. The van der Waals surface area contributed by atoms with Crippen LogP contribution in [0.15, 0.2) is 0 Å². The summed E-state index contributed by atoms with van der Waals surface area (Å²) in [6.07, 6.45) is 2.40. The molecule has 2 aliphatic rings. The average Bonchev–Trinajstić information content (AvgIpc) is 2.48. The van der Waals surface area contributed by atoms with Crippen LogP contribution in [0.1, 0.15) is 19.8 Å². The van der Waals surface area contributed by atoms with Gasteiger partial charge in [-0.15, -0.1) is 0 Å². The van der Waals surface area contributed by atoms with Gasteiger partial charge in [-0.05, 0) is 25.8 Å².